The Morgan fingerprint density at radius 3 is 2.26 bits per heavy atom. The first kappa shape index (κ1) is 30.5. The molecule has 2 fully saturated rings. The number of alkyl carbamates (subject to hydrolysis) is 1. The molecule has 1 spiro atoms. The van der Waals surface area contributed by atoms with E-state index in [4.69, 9.17) is 9.47 Å². The Labute approximate surface area is 248 Å². The van der Waals surface area contributed by atoms with Crippen molar-refractivity contribution in [2.45, 2.75) is 62.2 Å². The number of nitrogens with one attached hydrogen (secondary N) is 3. The third-order valence-corrected chi connectivity index (χ3v) is 8.26. The van der Waals surface area contributed by atoms with Crippen LogP contribution in [0.25, 0.3) is 0 Å². The van der Waals surface area contributed by atoms with Crippen molar-refractivity contribution >= 4 is 17.7 Å². The van der Waals surface area contributed by atoms with E-state index in [-0.39, 0.29) is 29.4 Å². The fourth-order valence-electron chi connectivity index (χ4n) is 6.12. The summed E-state index contributed by atoms with van der Waals surface area (Å²) in [6.45, 7) is 1.46. The van der Waals surface area contributed by atoms with Crippen LogP contribution in [-0.4, -0.2) is 54.9 Å². The largest absolute Gasteiger partial charge is 0.453 e. The third kappa shape index (κ3) is 7.34. The van der Waals surface area contributed by atoms with Crippen LogP contribution in [0.5, 0.6) is 0 Å². The summed E-state index contributed by atoms with van der Waals surface area (Å²) in [5.74, 6) is -3.14. The number of ether oxygens (including phenoxy) is 2. The highest BCUT2D eigenvalue weighted by atomic mass is 19.1. The Bertz CT molecular complexity index is 1370. The summed E-state index contributed by atoms with van der Waals surface area (Å²) in [7, 11) is 1.15. The molecule has 2 aliphatic rings. The molecule has 1 saturated carbocycles. The van der Waals surface area contributed by atoms with E-state index in [2.05, 4.69) is 20.9 Å². The van der Waals surface area contributed by atoms with Crippen molar-refractivity contribution in [2.24, 2.45) is 0 Å². The second-order valence-corrected chi connectivity index (χ2v) is 11.1. The Hall–Kier alpha value is -3.96. The molecule has 1 aliphatic heterocycles. The average molecular weight is 597 g/mol. The SMILES string of the molecule is COC(=O)N[C@H](C(=O)Nc1cncc(F)c1CC[C@@H]1CNCC2(CCCC2)O1)C(c1ccc(F)cc1)c1ccc(F)cc1. The molecule has 11 heteroatoms. The van der Waals surface area contributed by atoms with Crippen molar-refractivity contribution in [2.75, 3.05) is 25.5 Å². The van der Waals surface area contributed by atoms with Gasteiger partial charge in [0.15, 0.2) is 0 Å². The number of carbonyl (C=O) groups excluding carboxylic acids is 2. The van der Waals surface area contributed by atoms with Crippen molar-refractivity contribution in [3.63, 3.8) is 0 Å². The van der Waals surface area contributed by atoms with Crippen molar-refractivity contribution in [3.8, 4) is 0 Å². The van der Waals surface area contributed by atoms with Crippen LogP contribution in [0.2, 0.25) is 0 Å². The van der Waals surface area contributed by atoms with Gasteiger partial charge in [0.05, 0.1) is 36.9 Å². The molecule has 2 aromatic carbocycles. The Balaban J connectivity index is 1.41. The van der Waals surface area contributed by atoms with E-state index in [0.717, 1.165) is 45.5 Å². The summed E-state index contributed by atoms with van der Waals surface area (Å²) < 4.78 is 54.0. The minimum atomic E-state index is -1.31. The number of morpholine rings is 1. The van der Waals surface area contributed by atoms with Gasteiger partial charge < -0.3 is 25.4 Å². The van der Waals surface area contributed by atoms with E-state index >= 15 is 4.39 Å². The number of pyridine rings is 1. The topological polar surface area (TPSA) is 102 Å². The molecule has 43 heavy (non-hydrogen) atoms. The minimum absolute atomic E-state index is 0.113. The molecule has 0 unspecified atom stereocenters. The van der Waals surface area contributed by atoms with Gasteiger partial charge >= 0.3 is 6.09 Å². The van der Waals surface area contributed by atoms with Crippen LogP contribution < -0.4 is 16.0 Å². The number of hydrogen-bond acceptors (Lipinski definition) is 6. The summed E-state index contributed by atoms with van der Waals surface area (Å²) in [5, 5.41) is 8.75. The molecule has 2 amide bonds. The number of halogens is 3. The Morgan fingerprint density at radius 1 is 1.02 bits per heavy atom. The van der Waals surface area contributed by atoms with Gasteiger partial charge in [-0.3, -0.25) is 9.78 Å². The number of nitrogens with zero attached hydrogens (tertiary/aromatic N) is 1. The van der Waals surface area contributed by atoms with Crippen LogP contribution in [0.3, 0.4) is 0 Å². The molecule has 2 heterocycles. The lowest BCUT2D eigenvalue weighted by Gasteiger charge is -2.39. The predicted molar refractivity (Wildman–Crippen MR) is 154 cm³/mol. The number of anilines is 1. The zero-order chi connectivity index (χ0) is 30.4. The van der Waals surface area contributed by atoms with Crippen molar-refractivity contribution in [3.05, 3.63) is 95.1 Å². The van der Waals surface area contributed by atoms with Crippen LogP contribution in [0.1, 0.15) is 54.7 Å². The molecule has 3 N–H and O–H groups in total. The lowest BCUT2D eigenvalue weighted by molar-refractivity contribution is -0.118. The summed E-state index contributed by atoms with van der Waals surface area (Å²) >= 11 is 0. The van der Waals surface area contributed by atoms with Crippen LogP contribution >= 0.6 is 0 Å². The maximum absolute atomic E-state index is 15.1. The lowest BCUT2D eigenvalue weighted by Crippen LogP contribution is -2.52. The molecule has 0 bridgehead atoms. The molecule has 3 aromatic rings. The van der Waals surface area contributed by atoms with Gasteiger partial charge in [-0.2, -0.15) is 0 Å². The minimum Gasteiger partial charge on any atom is -0.453 e. The number of aromatic nitrogens is 1. The molecular weight excluding hydrogens is 561 g/mol. The fourth-order valence-corrected chi connectivity index (χ4v) is 6.12. The highest BCUT2D eigenvalue weighted by molar-refractivity contribution is 5.98. The van der Waals surface area contributed by atoms with E-state index in [0.29, 0.717) is 24.1 Å². The number of benzene rings is 2. The normalized spacial score (nSPS) is 18.4. The zero-order valence-corrected chi connectivity index (χ0v) is 23.9. The summed E-state index contributed by atoms with van der Waals surface area (Å²) in [6.07, 6.45) is 6.49. The van der Waals surface area contributed by atoms with Crippen LogP contribution in [0.15, 0.2) is 60.9 Å². The van der Waals surface area contributed by atoms with Crippen molar-refractivity contribution in [1.82, 2.24) is 15.6 Å². The monoisotopic (exact) mass is 596 g/mol. The van der Waals surface area contributed by atoms with Gasteiger partial charge in [0.25, 0.3) is 0 Å². The van der Waals surface area contributed by atoms with Crippen LogP contribution in [0, 0.1) is 17.5 Å². The lowest BCUT2D eigenvalue weighted by atomic mass is 9.84. The van der Waals surface area contributed by atoms with Gasteiger partial charge in [-0.25, -0.2) is 18.0 Å². The summed E-state index contributed by atoms with van der Waals surface area (Å²) in [5.41, 5.74) is 1.20. The maximum atomic E-state index is 15.1. The molecular formula is C32H35F3N4O4. The highest BCUT2D eigenvalue weighted by Crippen LogP contribution is 2.36. The zero-order valence-electron chi connectivity index (χ0n) is 23.9. The predicted octanol–water partition coefficient (Wildman–Crippen LogP) is 5.23. The Morgan fingerprint density at radius 2 is 1.65 bits per heavy atom. The fraction of sp³-hybridized carbons (Fsp3) is 0.406. The standard InChI is InChI=1S/C32H35F3N4O4/c1-42-31(41)39-29(28(20-4-8-22(33)9-5-20)21-6-10-23(34)11-7-21)30(40)38-27-18-36-17-26(35)25(27)13-12-24-16-37-19-32(43-24)14-2-3-15-32/h4-11,17-18,24,28-29,37H,2-3,12-16,19H2,1H3,(H,38,40)(H,39,41)/t24-,29+/m1/s1. The molecule has 228 valence electrons. The average Bonchev–Trinajstić information content (AvgIpc) is 3.45. The first-order chi connectivity index (χ1) is 20.8. The van der Waals surface area contributed by atoms with E-state index in [9.17, 15) is 18.4 Å². The van der Waals surface area contributed by atoms with Crippen LogP contribution in [0.4, 0.5) is 23.7 Å². The molecule has 0 radical (unpaired) electrons. The molecule has 1 aliphatic carbocycles. The molecule has 1 aromatic heterocycles. The van der Waals surface area contributed by atoms with Gasteiger partial charge in [-0.1, -0.05) is 37.1 Å². The van der Waals surface area contributed by atoms with Gasteiger partial charge in [0, 0.05) is 24.6 Å². The number of carbonyl (C=O) groups is 2. The summed E-state index contributed by atoms with van der Waals surface area (Å²) in [6, 6.07) is 9.52. The van der Waals surface area contributed by atoms with Gasteiger partial charge in [-0.05, 0) is 61.1 Å². The smallest absolute Gasteiger partial charge is 0.407 e. The number of amides is 2. The first-order valence-electron chi connectivity index (χ1n) is 14.4. The number of methoxy groups -OCH3 is 1. The summed E-state index contributed by atoms with van der Waals surface area (Å²) in [4.78, 5) is 30.3. The Kier molecular flexibility index (Phi) is 9.62. The van der Waals surface area contributed by atoms with Gasteiger partial charge in [0.1, 0.15) is 23.5 Å². The highest BCUT2D eigenvalue weighted by Gasteiger charge is 2.39. The maximum Gasteiger partial charge on any atom is 0.407 e. The van der Waals surface area contributed by atoms with E-state index in [1.165, 1.54) is 54.7 Å². The quantitative estimate of drug-likeness (QED) is 0.313. The number of rotatable bonds is 9. The molecule has 1 saturated heterocycles. The number of hydrogen-bond donors (Lipinski definition) is 3. The molecule has 8 nitrogen and oxygen atoms in total. The second-order valence-electron chi connectivity index (χ2n) is 11.1. The van der Waals surface area contributed by atoms with Crippen LogP contribution in [-0.2, 0) is 20.7 Å². The molecule has 2 atom stereocenters. The van der Waals surface area contributed by atoms with E-state index in [1.807, 2.05) is 0 Å². The van der Waals surface area contributed by atoms with E-state index in [1.54, 1.807) is 0 Å². The van der Waals surface area contributed by atoms with E-state index < -0.39 is 41.4 Å². The molecule has 5 rings (SSSR count). The van der Waals surface area contributed by atoms with Crippen molar-refractivity contribution < 1.29 is 32.2 Å². The van der Waals surface area contributed by atoms with Crippen molar-refractivity contribution in [1.29, 1.82) is 0 Å². The van der Waals surface area contributed by atoms with Gasteiger partial charge in [-0.15, -0.1) is 0 Å². The van der Waals surface area contributed by atoms with Gasteiger partial charge in [0.2, 0.25) is 5.91 Å². The first-order valence-corrected chi connectivity index (χ1v) is 14.4. The second kappa shape index (κ2) is 13.6. The third-order valence-electron chi connectivity index (χ3n) is 8.26.